The second-order valence-corrected chi connectivity index (χ2v) is 11.6. The lowest BCUT2D eigenvalue weighted by Gasteiger charge is -2.32. The number of amides is 1. The molecule has 1 saturated heterocycles. The van der Waals surface area contributed by atoms with Crippen LogP contribution in [0.2, 0.25) is 0 Å². The van der Waals surface area contributed by atoms with Crippen molar-refractivity contribution in [1.82, 2.24) is 14.5 Å². The summed E-state index contributed by atoms with van der Waals surface area (Å²) in [7, 11) is -3.83. The van der Waals surface area contributed by atoms with E-state index in [9.17, 15) is 18.3 Å². The fourth-order valence-electron chi connectivity index (χ4n) is 4.53. The summed E-state index contributed by atoms with van der Waals surface area (Å²) in [5.74, 6) is -0.205. The fraction of sp³-hybridized carbons (Fsp3) is 0.500. The molecule has 1 aliphatic carbocycles. The second-order valence-electron chi connectivity index (χ2n) is 9.72. The highest BCUT2D eigenvalue weighted by molar-refractivity contribution is 7.89. The van der Waals surface area contributed by atoms with Gasteiger partial charge in [0, 0.05) is 31.4 Å². The van der Waals surface area contributed by atoms with Crippen molar-refractivity contribution in [3.05, 3.63) is 60.2 Å². The SMILES string of the molecule is C[C@@H]1CN(CC(=O)N[C@@H](Cc2ccccc2)[C@H](O)CN(C2CC2)S(=O)(=O)c2ccc(N)cc2)CCO1. The first-order valence-corrected chi connectivity index (χ1v) is 13.9. The number of nitrogens with one attached hydrogen (secondary N) is 1. The zero-order valence-corrected chi connectivity index (χ0v) is 21.4. The normalized spacial score (nSPS) is 20.7. The van der Waals surface area contributed by atoms with Crippen LogP contribution in [0.4, 0.5) is 5.69 Å². The summed E-state index contributed by atoms with van der Waals surface area (Å²) < 4.78 is 33.8. The van der Waals surface area contributed by atoms with Gasteiger partial charge in [-0.3, -0.25) is 9.69 Å². The minimum atomic E-state index is -3.83. The quantitative estimate of drug-likeness (QED) is 0.384. The van der Waals surface area contributed by atoms with Gasteiger partial charge in [-0.05, 0) is 56.0 Å². The Bertz CT molecular complexity index is 1110. The maximum absolute atomic E-state index is 13.4. The van der Waals surface area contributed by atoms with E-state index in [1.807, 2.05) is 42.2 Å². The Balaban J connectivity index is 1.49. The van der Waals surface area contributed by atoms with Crippen molar-refractivity contribution >= 4 is 21.6 Å². The number of hydrogen-bond acceptors (Lipinski definition) is 7. The average molecular weight is 517 g/mol. The maximum atomic E-state index is 13.4. The molecule has 2 aromatic rings. The van der Waals surface area contributed by atoms with Crippen molar-refractivity contribution in [3.8, 4) is 0 Å². The summed E-state index contributed by atoms with van der Waals surface area (Å²) in [5, 5.41) is 14.3. The molecule has 1 aliphatic heterocycles. The second kappa shape index (κ2) is 11.7. The Hall–Kier alpha value is -2.50. The van der Waals surface area contributed by atoms with Gasteiger partial charge in [-0.1, -0.05) is 30.3 Å². The van der Waals surface area contributed by atoms with Crippen LogP contribution in [0.5, 0.6) is 0 Å². The predicted molar refractivity (Wildman–Crippen MR) is 138 cm³/mol. The van der Waals surface area contributed by atoms with E-state index in [4.69, 9.17) is 10.5 Å². The van der Waals surface area contributed by atoms with Crippen molar-refractivity contribution in [1.29, 1.82) is 0 Å². The average Bonchev–Trinajstić information content (AvgIpc) is 3.68. The molecule has 1 saturated carbocycles. The summed E-state index contributed by atoms with van der Waals surface area (Å²) in [6, 6.07) is 14.8. The monoisotopic (exact) mass is 516 g/mol. The van der Waals surface area contributed by atoms with Gasteiger partial charge in [0.05, 0.1) is 36.3 Å². The largest absolute Gasteiger partial charge is 0.399 e. The minimum Gasteiger partial charge on any atom is -0.399 e. The van der Waals surface area contributed by atoms with Gasteiger partial charge in [-0.2, -0.15) is 4.31 Å². The zero-order valence-electron chi connectivity index (χ0n) is 20.6. The number of hydrogen-bond donors (Lipinski definition) is 3. The van der Waals surface area contributed by atoms with Crippen LogP contribution < -0.4 is 11.1 Å². The van der Waals surface area contributed by atoms with Crippen LogP contribution in [-0.4, -0.2) is 85.7 Å². The molecule has 4 N–H and O–H groups in total. The lowest BCUT2D eigenvalue weighted by atomic mass is 10.0. The maximum Gasteiger partial charge on any atom is 0.243 e. The molecule has 1 amide bonds. The van der Waals surface area contributed by atoms with Crippen molar-refractivity contribution < 1.29 is 23.1 Å². The zero-order chi connectivity index (χ0) is 25.7. The third-order valence-corrected chi connectivity index (χ3v) is 8.54. The number of anilines is 1. The van der Waals surface area contributed by atoms with Crippen LogP contribution in [0.1, 0.15) is 25.3 Å². The van der Waals surface area contributed by atoms with Crippen LogP contribution in [0.25, 0.3) is 0 Å². The molecule has 2 fully saturated rings. The predicted octanol–water partition coefficient (Wildman–Crippen LogP) is 1.23. The van der Waals surface area contributed by atoms with Crippen molar-refractivity contribution in [2.24, 2.45) is 0 Å². The van der Waals surface area contributed by atoms with Crippen LogP contribution in [0.15, 0.2) is 59.5 Å². The minimum absolute atomic E-state index is 0.0582. The Morgan fingerprint density at radius 3 is 2.53 bits per heavy atom. The van der Waals surface area contributed by atoms with E-state index in [0.717, 1.165) is 18.4 Å². The Morgan fingerprint density at radius 1 is 1.19 bits per heavy atom. The van der Waals surface area contributed by atoms with Gasteiger partial charge in [0.2, 0.25) is 15.9 Å². The van der Waals surface area contributed by atoms with Crippen LogP contribution in [-0.2, 0) is 26.0 Å². The smallest absolute Gasteiger partial charge is 0.243 e. The van der Waals surface area contributed by atoms with E-state index in [1.165, 1.54) is 16.4 Å². The van der Waals surface area contributed by atoms with Gasteiger partial charge in [0.15, 0.2) is 0 Å². The number of carbonyl (C=O) groups excluding carboxylic acids is 1. The van der Waals surface area contributed by atoms with Gasteiger partial charge in [0.1, 0.15) is 0 Å². The molecule has 4 rings (SSSR count). The number of morpholine rings is 1. The van der Waals surface area contributed by atoms with E-state index < -0.39 is 22.2 Å². The summed E-state index contributed by atoms with van der Waals surface area (Å²) in [6.45, 7) is 3.96. The molecule has 3 atom stereocenters. The third kappa shape index (κ3) is 7.04. The van der Waals surface area contributed by atoms with Gasteiger partial charge in [-0.15, -0.1) is 0 Å². The van der Waals surface area contributed by atoms with E-state index in [0.29, 0.717) is 31.8 Å². The number of aliphatic hydroxyl groups is 1. The number of nitrogens with zero attached hydrogens (tertiary/aromatic N) is 2. The first-order chi connectivity index (χ1) is 17.2. The third-order valence-electron chi connectivity index (χ3n) is 6.61. The molecule has 0 radical (unpaired) electrons. The number of nitrogens with two attached hydrogens (primary N) is 1. The molecule has 2 aliphatic rings. The first-order valence-electron chi connectivity index (χ1n) is 12.4. The van der Waals surface area contributed by atoms with Crippen LogP contribution in [0.3, 0.4) is 0 Å². The van der Waals surface area contributed by atoms with E-state index >= 15 is 0 Å². The number of sulfonamides is 1. The molecule has 0 bridgehead atoms. The van der Waals surface area contributed by atoms with Crippen LogP contribution in [0, 0.1) is 0 Å². The number of aliphatic hydroxyl groups excluding tert-OH is 1. The van der Waals surface area contributed by atoms with Crippen molar-refractivity contribution in [3.63, 3.8) is 0 Å². The summed E-state index contributed by atoms with van der Waals surface area (Å²) in [6.07, 6.45) is 0.829. The molecule has 9 nitrogen and oxygen atoms in total. The van der Waals surface area contributed by atoms with Gasteiger partial charge >= 0.3 is 0 Å². The number of rotatable bonds is 11. The molecule has 0 spiro atoms. The summed E-state index contributed by atoms with van der Waals surface area (Å²) >= 11 is 0. The molecule has 2 aromatic carbocycles. The van der Waals surface area contributed by atoms with Gasteiger partial charge in [-0.25, -0.2) is 8.42 Å². The first kappa shape index (κ1) is 26.6. The van der Waals surface area contributed by atoms with Gasteiger partial charge in [0.25, 0.3) is 0 Å². The van der Waals surface area contributed by atoms with E-state index in [2.05, 4.69) is 5.32 Å². The fourth-order valence-corrected chi connectivity index (χ4v) is 6.24. The van der Waals surface area contributed by atoms with E-state index in [-0.39, 0.29) is 36.0 Å². The molecule has 36 heavy (non-hydrogen) atoms. The highest BCUT2D eigenvalue weighted by Gasteiger charge is 2.40. The number of carbonyl (C=O) groups is 1. The number of ether oxygens (including phenoxy) is 1. The standard InChI is InChI=1S/C26H36N4O5S/c1-19-16-29(13-14-35-19)18-26(32)28-24(15-20-5-3-2-4-6-20)25(31)17-30(22-9-10-22)36(33,34)23-11-7-21(27)8-12-23/h2-8,11-12,19,22,24-25,31H,9-10,13-18,27H2,1H3,(H,28,32)/t19-,24+,25-/m1/s1. The molecule has 196 valence electrons. The van der Waals surface area contributed by atoms with Crippen molar-refractivity contribution in [2.45, 2.75) is 55.4 Å². The number of benzene rings is 2. The molecule has 0 unspecified atom stereocenters. The van der Waals surface area contributed by atoms with Gasteiger partial charge < -0.3 is 20.9 Å². The summed E-state index contributed by atoms with van der Waals surface area (Å²) in [4.78, 5) is 15.1. The van der Waals surface area contributed by atoms with E-state index in [1.54, 1.807) is 12.1 Å². The summed E-state index contributed by atoms with van der Waals surface area (Å²) in [5.41, 5.74) is 7.16. The lowest BCUT2D eigenvalue weighted by molar-refractivity contribution is -0.125. The number of nitrogen functional groups attached to an aromatic ring is 1. The molecular weight excluding hydrogens is 480 g/mol. The molecule has 10 heteroatoms. The highest BCUT2D eigenvalue weighted by Crippen LogP contribution is 2.32. The molecule has 0 aromatic heterocycles. The Labute approximate surface area is 213 Å². The Morgan fingerprint density at radius 2 is 1.89 bits per heavy atom. The van der Waals surface area contributed by atoms with Crippen molar-refractivity contribution in [2.75, 3.05) is 38.5 Å². The molecular formula is C26H36N4O5S. The van der Waals surface area contributed by atoms with Crippen LogP contribution >= 0.6 is 0 Å². The highest BCUT2D eigenvalue weighted by atomic mass is 32.2. The lowest BCUT2D eigenvalue weighted by Crippen LogP contribution is -2.53. The Kier molecular flexibility index (Phi) is 8.63. The topological polar surface area (TPSA) is 125 Å². The molecule has 1 heterocycles.